The van der Waals surface area contributed by atoms with Gasteiger partial charge in [-0.1, -0.05) is 0 Å². The average Bonchev–Trinajstić information content (AvgIpc) is 2.13. The van der Waals surface area contributed by atoms with Gasteiger partial charge in [0.2, 0.25) is 0 Å². The first-order valence-corrected chi connectivity index (χ1v) is 5.17. The zero-order valence-electron chi connectivity index (χ0n) is 7.59. The van der Waals surface area contributed by atoms with E-state index in [0.717, 1.165) is 0 Å². The van der Waals surface area contributed by atoms with Crippen molar-refractivity contribution in [3.05, 3.63) is 27.3 Å². The van der Waals surface area contributed by atoms with Gasteiger partial charge in [0.25, 0.3) is 0 Å². The molecule has 5 heteroatoms. The van der Waals surface area contributed by atoms with Crippen LogP contribution in [-0.2, 0) is 16.0 Å². The van der Waals surface area contributed by atoms with E-state index in [1.807, 2.05) is 0 Å². The Kier molecular flexibility index (Phi) is 4.24. The third-order valence-electron chi connectivity index (χ3n) is 1.57. The maximum Gasteiger partial charge on any atom is 0.310 e. The molecule has 0 aliphatic heterocycles. The van der Waals surface area contributed by atoms with Crippen molar-refractivity contribution in [2.45, 2.75) is 13.3 Å². The number of halogens is 2. The molecular weight excluding hydrogens is 300 g/mol. The molecule has 0 fully saturated rings. The highest BCUT2D eigenvalue weighted by atomic mass is 127. The minimum Gasteiger partial charge on any atom is -0.466 e. The molecule has 1 aromatic rings. The molecule has 76 valence electrons. The second-order valence-corrected chi connectivity index (χ2v) is 3.58. The Morgan fingerprint density at radius 3 is 3.07 bits per heavy atom. The van der Waals surface area contributed by atoms with Crippen molar-refractivity contribution in [2.75, 3.05) is 6.61 Å². The zero-order chi connectivity index (χ0) is 10.6. The lowest BCUT2D eigenvalue weighted by Crippen LogP contribution is -2.09. The number of esters is 1. The molecule has 0 radical (unpaired) electrons. The summed E-state index contributed by atoms with van der Waals surface area (Å²) < 4.78 is 18.3. The van der Waals surface area contributed by atoms with Gasteiger partial charge < -0.3 is 4.74 Å². The molecule has 0 unspecified atom stereocenters. The van der Waals surface area contributed by atoms with Gasteiger partial charge in [-0.15, -0.1) is 0 Å². The van der Waals surface area contributed by atoms with E-state index in [1.165, 1.54) is 12.3 Å². The van der Waals surface area contributed by atoms with Crippen molar-refractivity contribution in [2.24, 2.45) is 0 Å². The molecule has 1 aromatic heterocycles. The Hall–Kier alpha value is -0.720. The van der Waals surface area contributed by atoms with Gasteiger partial charge in [-0.2, -0.15) is 0 Å². The monoisotopic (exact) mass is 309 g/mol. The van der Waals surface area contributed by atoms with Gasteiger partial charge in [0.05, 0.1) is 13.0 Å². The van der Waals surface area contributed by atoms with Crippen molar-refractivity contribution in [1.82, 2.24) is 4.98 Å². The molecule has 0 aromatic carbocycles. The quantitative estimate of drug-likeness (QED) is 0.486. The van der Waals surface area contributed by atoms with Gasteiger partial charge in [-0.3, -0.25) is 4.79 Å². The number of carbonyl (C=O) groups is 1. The summed E-state index contributed by atoms with van der Waals surface area (Å²) in [6.07, 6.45) is 1.43. The van der Waals surface area contributed by atoms with Crippen molar-refractivity contribution in [3.8, 4) is 0 Å². The molecule has 1 heterocycles. The highest BCUT2D eigenvalue weighted by Gasteiger charge is 2.11. The number of aromatic nitrogens is 1. The van der Waals surface area contributed by atoms with Gasteiger partial charge in [-0.05, 0) is 35.6 Å². The lowest BCUT2D eigenvalue weighted by molar-refractivity contribution is -0.142. The minimum atomic E-state index is -0.443. The van der Waals surface area contributed by atoms with E-state index < -0.39 is 11.8 Å². The fourth-order valence-electron chi connectivity index (χ4n) is 0.959. The van der Waals surface area contributed by atoms with Gasteiger partial charge in [-0.25, -0.2) is 9.37 Å². The van der Waals surface area contributed by atoms with Gasteiger partial charge in [0.15, 0.2) is 5.82 Å². The lowest BCUT2D eigenvalue weighted by Gasteiger charge is -2.03. The van der Waals surface area contributed by atoms with Crippen LogP contribution < -0.4 is 0 Å². The molecule has 0 amide bonds. The van der Waals surface area contributed by atoms with Crippen LogP contribution in [0.15, 0.2) is 12.3 Å². The number of hydrogen-bond acceptors (Lipinski definition) is 3. The van der Waals surface area contributed by atoms with Crippen molar-refractivity contribution in [1.29, 1.82) is 0 Å². The van der Waals surface area contributed by atoms with Crippen molar-refractivity contribution in [3.63, 3.8) is 0 Å². The van der Waals surface area contributed by atoms with E-state index in [1.54, 1.807) is 29.5 Å². The summed E-state index contributed by atoms with van der Waals surface area (Å²) in [6.45, 7) is 2.02. The molecule has 0 N–H and O–H groups in total. The summed E-state index contributed by atoms with van der Waals surface area (Å²) in [5.41, 5.74) is 0.322. The fourth-order valence-corrected chi connectivity index (χ4v) is 1.47. The van der Waals surface area contributed by atoms with Crippen LogP contribution >= 0.6 is 22.6 Å². The standard InChI is InChI=1S/C9H9FINO2/c1-2-14-7(13)5-6-3-4-12-9(11)8(6)10/h3-4H,2,5H2,1H3. The van der Waals surface area contributed by atoms with E-state index in [-0.39, 0.29) is 10.1 Å². The zero-order valence-corrected chi connectivity index (χ0v) is 9.75. The molecule has 0 atom stereocenters. The maximum atomic E-state index is 13.3. The number of pyridine rings is 1. The summed E-state index contributed by atoms with van der Waals surface area (Å²) >= 11 is 1.78. The van der Waals surface area contributed by atoms with E-state index in [4.69, 9.17) is 4.74 Å². The first kappa shape index (κ1) is 11.4. The Labute approximate surface area is 94.8 Å². The SMILES string of the molecule is CCOC(=O)Cc1ccnc(I)c1F. The van der Waals surface area contributed by atoms with Crippen LogP contribution in [0.25, 0.3) is 0 Å². The molecule has 1 rings (SSSR count). The molecule has 0 saturated heterocycles. The third-order valence-corrected chi connectivity index (χ3v) is 2.32. The van der Waals surface area contributed by atoms with Gasteiger partial charge >= 0.3 is 5.97 Å². The first-order valence-electron chi connectivity index (χ1n) is 4.09. The lowest BCUT2D eigenvalue weighted by atomic mass is 10.2. The van der Waals surface area contributed by atoms with E-state index in [2.05, 4.69) is 4.98 Å². The Morgan fingerprint density at radius 2 is 2.43 bits per heavy atom. The van der Waals surface area contributed by atoms with Crippen molar-refractivity contribution < 1.29 is 13.9 Å². The van der Waals surface area contributed by atoms with Gasteiger partial charge in [0, 0.05) is 11.8 Å². The minimum absolute atomic E-state index is 0.0435. The van der Waals surface area contributed by atoms with Crippen LogP contribution in [0.4, 0.5) is 4.39 Å². The molecule has 0 bridgehead atoms. The summed E-state index contributed by atoms with van der Waals surface area (Å²) in [5, 5.41) is 0. The maximum absolute atomic E-state index is 13.3. The summed E-state index contributed by atoms with van der Waals surface area (Å²) in [4.78, 5) is 14.8. The number of carbonyl (C=O) groups excluding carboxylic acids is 1. The van der Waals surface area contributed by atoms with Crippen LogP contribution in [0, 0.1) is 9.52 Å². The Bertz CT molecular complexity index is 344. The average molecular weight is 309 g/mol. The molecule has 14 heavy (non-hydrogen) atoms. The molecule has 3 nitrogen and oxygen atoms in total. The Balaban J connectivity index is 2.76. The van der Waals surface area contributed by atoms with Crippen LogP contribution in [0.2, 0.25) is 0 Å². The second kappa shape index (κ2) is 5.23. The van der Waals surface area contributed by atoms with Gasteiger partial charge in [0.1, 0.15) is 3.70 Å². The molecule has 0 aliphatic carbocycles. The van der Waals surface area contributed by atoms with Crippen LogP contribution in [-0.4, -0.2) is 17.6 Å². The summed E-state index contributed by atoms with van der Waals surface area (Å²) in [7, 11) is 0. The van der Waals surface area contributed by atoms with Crippen LogP contribution in [0.1, 0.15) is 12.5 Å². The number of hydrogen-bond donors (Lipinski definition) is 0. The smallest absolute Gasteiger partial charge is 0.310 e. The molecule has 0 spiro atoms. The first-order chi connectivity index (χ1) is 6.65. The van der Waals surface area contributed by atoms with E-state index in [0.29, 0.717) is 12.2 Å². The predicted molar refractivity (Wildman–Crippen MR) is 57.2 cm³/mol. The highest BCUT2D eigenvalue weighted by Crippen LogP contribution is 2.13. The van der Waals surface area contributed by atoms with Crippen LogP contribution in [0.3, 0.4) is 0 Å². The summed E-state index contributed by atoms with van der Waals surface area (Å²) in [5.74, 6) is -0.866. The van der Waals surface area contributed by atoms with Crippen molar-refractivity contribution >= 4 is 28.6 Å². The Morgan fingerprint density at radius 1 is 1.71 bits per heavy atom. The summed E-state index contributed by atoms with van der Waals surface area (Å²) in [6, 6.07) is 1.48. The molecule has 0 aliphatic rings. The highest BCUT2D eigenvalue weighted by molar-refractivity contribution is 14.1. The number of nitrogens with zero attached hydrogens (tertiary/aromatic N) is 1. The number of ether oxygens (including phenoxy) is 1. The molecule has 0 saturated carbocycles. The number of rotatable bonds is 3. The topological polar surface area (TPSA) is 39.2 Å². The fraction of sp³-hybridized carbons (Fsp3) is 0.333. The second-order valence-electron chi connectivity index (χ2n) is 2.56. The molecular formula is C9H9FINO2. The van der Waals surface area contributed by atoms with E-state index in [9.17, 15) is 9.18 Å². The normalized spacial score (nSPS) is 9.93. The third kappa shape index (κ3) is 2.90. The predicted octanol–water partition coefficient (Wildman–Crippen LogP) is 1.93. The van der Waals surface area contributed by atoms with Crippen LogP contribution in [0.5, 0.6) is 0 Å². The van der Waals surface area contributed by atoms with E-state index >= 15 is 0 Å². The largest absolute Gasteiger partial charge is 0.466 e.